The number of anilines is 1. The molecule has 1 unspecified atom stereocenters. The average molecular weight is 259 g/mol. The lowest BCUT2D eigenvalue weighted by Gasteiger charge is -2.10. The number of ether oxygens (including phenoxy) is 1. The Morgan fingerprint density at radius 1 is 1.47 bits per heavy atom. The molecule has 1 aromatic carbocycles. The third kappa shape index (κ3) is 2.44. The van der Waals surface area contributed by atoms with Gasteiger partial charge in [0.25, 0.3) is 0 Å². The minimum atomic E-state index is 0.489. The Morgan fingerprint density at radius 3 is 3.16 bits per heavy atom. The molecule has 1 fully saturated rings. The highest BCUT2D eigenvalue weighted by atomic mass is 16.5. The summed E-state index contributed by atoms with van der Waals surface area (Å²) in [6, 6.07) is 5.79. The number of nitrogen functional groups attached to an aromatic ring is 1. The van der Waals surface area contributed by atoms with Gasteiger partial charge in [-0.25, -0.2) is 4.68 Å². The van der Waals surface area contributed by atoms with E-state index in [9.17, 15) is 0 Å². The summed E-state index contributed by atoms with van der Waals surface area (Å²) < 4.78 is 7.24. The molecule has 2 heterocycles. The molecule has 2 N–H and O–H groups in total. The van der Waals surface area contributed by atoms with E-state index in [-0.39, 0.29) is 0 Å². The zero-order chi connectivity index (χ0) is 13.2. The average Bonchev–Trinajstić information content (AvgIpc) is 3.04. The molecule has 1 aliphatic rings. The number of aromatic nitrogens is 4. The predicted molar refractivity (Wildman–Crippen MR) is 71.3 cm³/mol. The molecule has 100 valence electrons. The van der Waals surface area contributed by atoms with E-state index in [1.807, 2.05) is 29.8 Å². The van der Waals surface area contributed by atoms with Crippen LogP contribution in [0.1, 0.15) is 12.0 Å². The van der Waals surface area contributed by atoms with Crippen molar-refractivity contribution in [3.63, 3.8) is 0 Å². The summed E-state index contributed by atoms with van der Waals surface area (Å²) in [7, 11) is 0. The van der Waals surface area contributed by atoms with Crippen molar-refractivity contribution in [3.05, 3.63) is 23.8 Å². The van der Waals surface area contributed by atoms with E-state index in [4.69, 9.17) is 10.5 Å². The third-order valence-corrected chi connectivity index (χ3v) is 3.49. The first kappa shape index (κ1) is 12.1. The molecular formula is C13H17N5O. The van der Waals surface area contributed by atoms with E-state index in [1.165, 1.54) is 0 Å². The topological polar surface area (TPSA) is 78.9 Å². The monoisotopic (exact) mass is 259 g/mol. The van der Waals surface area contributed by atoms with Gasteiger partial charge in [0.1, 0.15) is 0 Å². The lowest BCUT2D eigenvalue weighted by molar-refractivity contribution is 0.181. The molecule has 19 heavy (non-hydrogen) atoms. The van der Waals surface area contributed by atoms with E-state index >= 15 is 0 Å². The van der Waals surface area contributed by atoms with Crippen LogP contribution in [0.25, 0.3) is 11.4 Å². The van der Waals surface area contributed by atoms with E-state index in [1.54, 1.807) is 0 Å². The smallest absolute Gasteiger partial charge is 0.182 e. The van der Waals surface area contributed by atoms with Gasteiger partial charge in [-0.3, -0.25) is 0 Å². The zero-order valence-corrected chi connectivity index (χ0v) is 10.9. The predicted octanol–water partition coefficient (Wildman–Crippen LogP) is 1.27. The SMILES string of the molecule is Cc1ccc(N)cc1-c1nnnn1CC1CCOC1. The maximum absolute atomic E-state index is 5.85. The van der Waals surface area contributed by atoms with Crippen LogP contribution in [0, 0.1) is 12.8 Å². The Morgan fingerprint density at radius 2 is 2.37 bits per heavy atom. The van der Waals surface area contributed by atoms with Gasteiger partial charge in [-0.2, -0.15) is 0 Å². The number of hydrogen-bond donors (Lipinski definition) is 1. The number of hydrogen-bond acceptors (Lipinski definition) is 5. The first-order valence-corrected chi connectivity index (χ1v) is 6.44. The highest BCUT2D eigenvalue weighted by molar-refractivity contribution is 5.65. The molecule has 0 radical (unpaired) electrons. The summed E-state index contributed by atoms with van der Waals surface area (Å²) >= 11 is 0. The molecule has 1 atom stereocenters. The largest absolute Gasteiger partial charge is 0.399 e. The molecule has 1 aromatic heterocycles. The van der Waals surface area contributed by atoms with Crippen LogP contribution in [-0.4, -0.2) is 33.4 Å². The zero-order valence-electron chi connectivity index (χ0n) is 10.9. The van der Waals surface area contributed by atoms with Crippen LogP contribution < -0.4 is 5.73 Å². The van der Waals surface area contributed by atoms with Gasteiger partial charge in [-0.1, -0.05) is 6.07 Å². The Kier molecular flexibility index (Phi) is 3.16. The van der Waals surface area contributed by atoms with Crippen molar-refractivity contribution in [2.24, 2.45) is 5.92 Å². The van der Waals surface area contributed by atoms with Crippen molar-refractivity contribution >= 4 is 5.69 Å². The van der Waals surface area contributed by atoms with Crippen molar-refractivity contribution in [2.75, 3.05) is 18.9 Å². The Bertz CT molecular complexity index is 574. The highest BCUT2D eigenvalue weighted by Gasteiger charge is 2.20. The van der Waals surface area contributed by atoms with Crippen LogP contribution in [0.5, 0.6) is 0 Å². The summed E-state index contributed by atoms with van der Waals surface area (Å²) in [6.45, 7) is 4.44. The lowest BCUT2D eigenvalue weighted by Crippen LogP contribution is -2.13. The number of aryl methyl sites for hydroxylation is 1. The van der Waals surface area contributed by atoms with Crippen LogP contribution in [0.15, 0.2) is 18.2 Å². The summed E-state index contributed by atoms with van der Waals surface area (Å²) in [6.07, 6.45) is 1.06. The number of nitrogens with two attached hydrogens (primary N) is 1. The number of nitrogens with zero attached hydrogens (tertiary/aromatic N) is 4. The van der Waals surface area contributed by atoms with E-state index in [0.29, 0.717) is 5.92 Å². The Balaban J connectivity index is 1.92. The molecule has 0 amide bonds. The standard InChI is InChI=1S/C13H17N5O/c1-9-2-3-11(14)6-12(9)13-15-16-17-18(13)7-10-4-5-19-8-10/h2-3,6,10H,4-5,7-8,14H2,1H3. The van der Waals surface area contributed by atoms with Crippen LogP contribution in [0.2, 0.25) is 0 Å². The van der Waals surface area contributed by atoms with Gasteiger partial charge in [0.15, 0.2) is 5.82 Å². The van der Waals surface area contributed by atoms with Gasteiger partial charge in [0, 0.05) is 23.8 Å². The fourth-order valence-electron chi connectivity index (χ4n) is 2.37. The first-order valence-electron chi connectivity index (χ1n) is 6.44. The Hall–Kier alpha value is -1.95. The molecule has 6 heteroatoms. The van der Waals surface area contributed by atoms with E-state index in [0.717, 1.165) is 48.8 Å². The van der Waals surface area contributed by atoms with Crippen LogP contribution >= 0.6 is 0 Å². The quantitative estimate of drug-likeness (QED) is 0.840. The summed E-state index contributed by atoms with van der Waals surface area (Å²) in [5, 5.41) is 12.0. The summed E-state index contributed by atoms with van der Waals surface area (Å²) in [4.78, 5) is 0. The molecule has 1 saturated heterocycles. The van der Waals surface area contributed by atoms with Gasteiger partial charge < -0.3 is 10.5 Å². The van der Waals surface area contributed by atoms with Gasteiger partial charge in [-0.05, 0) is 41.5 Å². The maximum Gasteiger partial charge on any atom is 0.182 e. The molecule has 0 spiro atoms. The second-order valence-electron chi connectivity index (χ2n) is 4.99. The maximum atomic E-state index is 5.85. The second-order valence-corrected chi connectivity index (χ2v) is 4.99. The molecule has 0 saturated carbocycles. The molecule has 2 aromatic rings. The van der Waals surface area contributed by atoms with Crippen molar-refractivity contribution < 1.29 is 4.74 Å². The number of tetrazole rings is 1. The highest BCUT2D eigenvalue weighted by Crippen LogP contribution is 2.24. The normalized spacial score (nSPS) is 18.9. The summed E-state index contributed by atoms with van der Waals surface area (Å²) in [5.41, 5.74) is 8.68. The molecule has 0 bridgehead atoms. The van der Waals surface area contributed by atoms with Gasteiger partial charge in [0.05, 0.1) is 13.2 Å². The van der Waals surface area contributed by atoms with Gasteiger partial charge >= 0.3 is 0 Å². The number of benzene rings is 1. The van der Waals surface area contributed by atoms with Crippen LogP contribution in [0.3, 0.4) is 0 Å². The fourth-order valence-corrected chi connectivity index (χ4v) is 2.37. The first-order chi connectivity index (χ1) is 9.24. The van der Waals surface area contributed by atoms with Crippen molar-refractivity contribution in [3.8, 4) is 11.4 Å². The van der Waals surface area contributed by atoms with Crippen LogP contribution in [-0.2, 0) is 11.3 Å². The molecule has 6 nitrogen and oxygen atoms in total. The third-order valence-electron chi connectivity index (χ3n) is 3.49. The number of rotatable bonds is 3. The van der Waals surface area contributed by atoms with E-state index < -0.39 is 0 Å². The molecular weight excluding hydrogens is 242 g/mol. The van der Waals surface area contributed by atoms with Crippen molar-refractivity contribution in [1.29, 1.82) is 0 Å². The fraction of sp³-hybridized carbons (Fsp3) is 0.462. The Labute approximate surface area is 111 Å². The second kappa shape index (κ2) is 4.97. The van der Waals surface area contributed by atoms with Gasteiger partial charge in [-0.15, -0.1) is 5.10 Å². The van der Waals surface area contributed by atoms with Crippen LogP contribution in [0.4, 0.5) is 5.69 Å². The minimum absolute atomic E-state index is 0.489. The molecule has 1 aliphatic heterocycles. The lowest BCUT2D eigenvalue weighted by atomic mass is 10.1. The molecule has 3 rings (SSSR count). The summed E-state index contributed by atoms with van der Waals surface area (Å²) in [5.74, 6) is 1.26. The minimum Gasteiger partial charge on any atom is -0.399 e. The van der Waals surface area contributed by atoms with Crippen molar-refractivity contribution in [1.82, 2.24) is 20.2 Å². The van der Waals surface area contributed by atoms with Crippen molar-refractivity contribution in [2.45, 2.75) is 19.9 Å². The van der Waals surface area contributed by atoms with Gasteiger partial charge in [0.2, 0.25) is 0 Å². The molecule has 0 aliphatic carbocycles. The van der Waals surface area contributed by atoms with E-state index in [2.05, 4.69) is 15.5 Å².